The number of hydrogen-bond donors (Lipinski definition) is 3. The zero-order valence-corrected chi connectivity index (χ0v) is 16.0. The van der Waals surface area contributed by atoms with E-state index in [0.717, 1.165) is 16.9 Å². The zero-order chi connectivity index (χ0) is 19.9. The molecule has 3 rings (SSSR count). The maximum atomic E-state index is 9.33. The van der Waals surface area contributed by atoms with Crippen molar-refractivity contribution >= 4 is 17.5 Å². The van der Waals surface area contributed by atoms with Crippen LogP contribution >= 0.6 is 0 Å². The summed E-state index contributed by atoms with van der Waals surface area (Å²) in [6.07, 6.45) is 3.42. The lowest BCUT2D eigenvalue weighted by molar-refractivity contribution is 0.281. The average Bonchev–Trinajstić information content (AvgIpc) is 2.73. The quantitative estimate of drug-likeness (QED) is 0.547. The number of benzene rings is 1. The minimum atomic E-state index is -0.183. The third-order valence-electron chi connectivity index (χ3n) is 3.98. The van der Waals surface area contributed by atoms with E-state index in [0.29, 0.717) is 23.3 Å². The number of nitrogens with zero attached hydrogens (tertiary/aromatic N) is 3. The molecule has 2 heterocycles. The van der Waals surface area contributed by atoms with Gasteiger partial charge in [0.2, 0.25) is 5.95 Å². The normalized spacial score (nSPS) is 11.6. The molecule has 8 nitrogen and oxygen atoms in total. The van der Waals surface area contributed by atoms with Crippen LogP contribution in [0.3, 0.4) is 0 Å². The summed E-state index contributed by atoms with van der Waals surface area (Å²) < 4.78 is 10.6. The number of ether oxygens (including phenoxy) is 2. The summed E-state index contributed by atoms with van der Waals surface area (Å²) in [4.78, 5) is 13.1. The third kappa shape index (κ3) is 4.86. The van der Waals surface area contributed by atoms with Gasteiger partial charge in [-0.2, -0.15) is 4.98 Å². The molecule has 0 amide bonds. The van der Waals surface area contributed by atoms with Crippen molar-refractivity contribution in [2.45, 2.75) is 13.0 Å². The number of aliphatic hydroxyl groups is 1. The maximum Gasteiger partial charge on any atom is 0.225 e. The summed E-state index contributed by atoms with van der Waals surface area (Å²) in [5, 5.41) is 15.7. The fraction of sp³-hybridized carbons (Fsp3) is 0.250. The smallest absolute Gasteiger partial charge is 0.225 e. The number of nitrogens with one attached hydrogen (secondary N) is 2. The number of hydrogen-bond acceptors (Lipinski definition) is 8. The van der Waals surface area contributed by atoms with Crippen molar-refractivity contribution in [2.24, 2.45) is 0 Å². The number of methoxy groups -OCH3 is 2. The molecule has 0 saturated carbocycles. The Labute approximate surface area is 163 Å². The molecule has 8 heteroatoms. The number of aliphatic hydroxyl groups excluding tert-OH is 1. The van der Waals surface area contributed by atoms with E-state index in [1.807, 2.05) is 37.3 Å². The molecule has 0 bridgehead atoms. The number of anilines is 3. The van der Waals surface area contributed by atoms with Crippen LogP contribution in [0.1, 0.15) is 6.92 Å². The molecule has 0 aliphatic rings. The largest absolute Gasteiger partial charge is 0.497 e. The molecule has 0 radical (unpaired) electrons. The van der Waals surface area contributed by atoms with Crippen molar-refractivity contribution in [1.29, 1.82) is 0 Å². The molecule has 0 aliphatic carbocycles. The van der Waals surface area contributed by atoms with Crippen LogP contribution in [0.5, 0.6) is 11.5 Å². The van der Waals surface area contributed by atoms with Gasteiger partial charge in [-0.3, -0.25) is 4.98 Å². The Morgan fingerprint density at radius 2 is 1.68 bits per heavy atom. The van der Waals surface area contributed by atoms with E-state index in [9.17, 15) is 5.11 Å². The molecule has 0 unspecified atom stereocenters. The zero-order valence-electron chi connectivity index (χ0n) is 16.0. The summed E-state index contributed by atoms with van der Waals surface area (Å²) >= 11 is 0. The van der Waals surface area contributed by atoms with E-state index in [2.05, 4.69) is 25.6 Å². The van der Waals surface area contributed by atoms with Crippen molar-refractivity contribution in [1.82, 2.24) is 15.0 Å². The molecule has 28 heavy (non-hydrogen) atoms. The summed E-state index contributed by atoms with van der Waals surface area (Å²) in [7, 11) is 3.20. The van der Waals surface area contributed by atoms with Gasteiger partial charge >= 0.3 is 0 Å². The Morgan fingerprint density at radius 3 is 2.29 bits per heavy atom. The monoisotopic (exact) mass is 381 g/mol. The molecule has 1 atom stereocenters. The lowest BCUT2D eigenvalue weighted by Crippen LogP contribution is -2.21. The van der Waals surface area contributed by atoms with Crippen LogP contribution < -0.4 is 20.1 Å². The molecule has 3 aromatic rings. The van der Waals surface area contributed by atoms with Crippen LogP contribution in [0.25, 0.3) is 11.3 Å². The van der Waals surface area contributed by atoms with Crippen LogP contribution in [0.4, 0.5) is 17.5 Å². The Hall–Kier alpha value is -3.39. The third-order valence-corrected chi connectivity index (χ3v) is 3.98. The van der Waals surface area contributed by atoms with Gasteiger partial charge in [-0.05, 0) is 19.1 Å². The number of rotatable bonds is 8. The number of aromatic nitrogens is 3. The van der Waals surface area contributed by atoms with Gasteiger partial charge in [0.15, 0.2) is 0 Å². The molecule has 0 saturated heterocycles. The van der Waals surface area contributed by atoms with Gasteiger partial charge in [-0.1, -0.05) is 0 Å². The lowest BCUT2D eigenvalue weighted by Gasteiger charge is -2.15. The van der Waals surface area contributed by atoms with E-state index in [1.54, 1.807) is 32.7 Å². The van der Waals surface area contributed by atoms with Crippen LogP contribution in [-0.4, -0.2) is 46.9 Å². The van der Waals surface area contributed by atoms with Crippen LogP contribution in [0.15, 0.2) is 48.8 Å². The molecular weight excluding hydrogens is 358 g/mol. The molecule has 0 aliphatic heterocycles. The second-order valence-corrected chi connectivity index (χ2v) is 6.15. The highest BCUT2D eigenvalue weighted by molar-refractivity contribution is 5.68. The van der Waals surface area contributed by atoms with E-state index in [1.165, 1.54) is 0 Å². The Morgan fingerprint density at radius 1 is 1.00 bits per heavy atom. The molecule has 0 fully saturated rings. The second kappa shape index (κ2) is 9.01. The van der Waals surface area contributed by atoms with E-state index < -0.39 is 0 Å². The lowest BCUT2D eigenvalue weighted by atomic mass is 10.2. The predicted octanol–water partition coefficient (Wildman–Crippen LogP) is 3.09. The maximum absolute atomic E-state index is 9.33. The van der Waals surface area contributed by atoms with Crippen molar-refractivity contribution < 1.29 is 14.6 Å². The predicted molar refractivity (Wildman–Crippen MR) is 108 cm³/mol. The van der Waals surface area contributed by atoms with Crippen LogP contribution in [-0.2, 0) is 0 Å². The average molecular weight is 381 g/mol. The summed E-state index contributed by atoms with van der Waals surface area (Å²) in [6, 6.07) is 10.9. The Kier molecular flexibility index (Phi) is 6.23. The first-order valence-corrected chi connectivity index (χ1v) is 8.78. The van der Waals surface area contributed by atoms with Crippen LogP contribution in [0.2, 0.25) is 0 Å². The minimum absolute atomic E-state index is 0.0291. The van der Waals surface area contributed by atoms with Gasteiger partial charge in [-0.25, -0.2) is 4.98 Å². The topological polar surface area (TPSA) is 101 Å². The fourth-order valence-electron chi connectivity index (χ4n) is 2.54. The molecule has 3 N–H and O–H groups in total. The molecule has 1 aromatic carbocycles. The second-order valence-electron chi connectivity index (χ2n) is 6.15. The van der Waals surface area contributed by atoms with Gasteiger partial charge in [0.05, 0.1) is 26.5 Å². The Bertz CT molecular complexity index is 899. The molecule has 146 valence electrons. The van der Waals surface area contributed by atoms with Gasteiger partial charge < -0.3 is 25.2 Å². The highest BCUT2D eigenvalue weighted by Crippen LogP contribution is 2.29. The van der Waals surface area contributed by atoms with Crippen molar-refractivity contribution in [3.05, 3.63) is 48.8 Å². The fourth-order valence-corrected chi connectivity index (χ4v) is 2.54. The van der Waals surface area contributed by atoms with E-state index >= 15 is 0 Å². The minimum Gasteiger partial charge on any atom is -0.497 e. The summed E-state index contributed by atoms with van der Waals surface area (Å²) in [5.41, 5.74) is 2.39. The first kappa shape index (κ1) is 19.4. The Balaban J connectivity index is 1.98. The highest BCUT2D eigenvalue weighted by Gasteiger charge is 2.10. The van der Waals surface area contributed by atoms with Crippen molar-refractivity contribution in [3.63, 3.8) is 0 Å². The van der Waals surface area contributed by atoms with Crippen molar-refractivity contribution in [2.75, 3.05) is 31.5 Å². The standard InChI is InChI=1S/C20H23N5O3/c1-13(12-26)22-20-24-18(14-4-6-21-7-5-14)11-19(25-20)23-15-8-16(27-2)10-17(9-15)28-3/h4-11,13,26H,12H2,1-3H3,(H2,22,23,24,25)/t13-/m0/s1. The highest BCUT2D eigenvalue weighted by atomic mass is 16.5. The molecule has 0 spiro atoms. The van der Waals surface area contributed by atoms with Gasteiger partial charge in [0, 0.05) is 54.0 Å². The first-order chi connectivity index (χ1) is 13.6. The number of pyridine rings is 1. The van der Waals surface area contributed by atoms with Crippen LogP contribution in [0, 0.1) is 0 Å². The molecular formula is C20H23N5O3. The van der Waals surface area contributed by atoms with E-state index in [4.69, 9.17) is 9.47 Å². The first-order valence-electron chi connectivity index (χ1n) is 8.78. The van der Waals surface area contributed by atoms with Gasteiger partial charge in [-0.15, -0.1) is 0 Å². The summed E-state index contributed by atoms with van der Waals surface area (Å²) in [6.45, 7) is 1.82. The molecule has 2 aromatic heterocycles. The summed E-state index contributed by atoms with van der Waals surface area (Å²) in [5.74, 6) is 2.33. The van der Waals surface area contributed by atoms with Gasteiger partial charge in [0.1, 0.15) is 17.3 Å². The SMILES string of the molecule is COc1cc(Nc2cc(-c3ccncc3)nc(N[C@@H](C)CO)n2)cc(OC)c1. The van der Waals surface area contributed by atoms with Gasteiger partial charge in [0.25, 0.3) is 0 Å². The van der Waals surface area contributed by atoms with Crippen molar-refractivity contribution in [3.8, 4) is 22.8 Å². The van der Waals surface area contributed by atoms with E-state index in [-0.39, 0.29) is 12.6 Å².